The van der Waals surface area contributed by atoms with Gasteiger partial charge in [-0.2, -0.15) is 0 Å². The molecule has 2 rings (SSSR count). The van der Waals surface area contributed by atoms with Gasteiger partial charge in [0.25, 0.3) is 0 Å². The quantitative estimate of drug-likeness (QED) is 0.640. The third-order valence-electron chi connectivity index (χ3n) is 4.97. The second-order valence-electron chi connectivity index (χ2n) is 7.49. The van der Waals surface area contributed by atoms with E-state index in [1.54, 1.807) is 0 Å². The average molecular weight is 333 g/mol. The van der Waals surface area contributed by atoms with Crippen LogP contribution in [0.15, 0.2) is 0 Å². The maximum atomic E-state index is 12.1. The first-order valence-electron chi connectivity index (χ1n) is 8.70. The van der Waals surface area contributed by atoms with Crippen molar-refractivity contribution < 1.29 is 9.90 Å². The van der Waals surface area contributed by atoms with Crippen molar-refractivity contribution >= 4 is 18.3 Å². The van der Waals surface area contributed by atoms with Gasteiger partial charge < -0.3 is 15.7 Å². The molecule has 2 heterocycles. The van der Waals surface area contributed by atoms with E-state index in [0.717, 1.165) is 32.2 Å². The summed E-state index contributed by atoms with van der Waals surface area (Å²) < 4.78 is 0. The Labute approximate surface area is 141 Å². The van der Waals surface area contributed by atoms with Gasteiger partial charge >= 0.3 is 0 Å². The normalized spacial score (nSPS) is 28.3. The van der Waals surface area contributed by atoms with Crippen molar-refractivity contribution in [2.24, 2.45) is 17.8 Å². The highest BCUT2D eigenvalue weighted by Gasteiger charge is 2.34. The molecule has 0 aromatic carbocycles. The molecule has 4 nitrogen and oxygen atoms in total. The van der Waals surface area contributed by atoms with E-state index in [0.29, 0.717) is 36.3 Å². The molecule has 3 unspecified atom stereocenters. The van der Waals surface area contributed by atoms with E-state index in [-0.39, 0.29) is 24.9 Å². The second-order valence-corrected chi connectivity index (χ2v) is 7.49. The minimum Gasteiger partial charge on any atom is -0.396 e. The van der Waals surface area contributed by atoms with Crippen molar-refractivity contribution in [3.63, 3.8) is 0 Å². The van der Waals surface area contributed by atoms with Crippen LogP contribution in [-0.4, -0.2) is 36.2 Å². The summed E-state index contributed by atoms with van der Waals surface area (Å²) >= 11 is 0. The van der Waals surface area contributed by atoms with Crippen LogP contribution in [0.3, 0.4) is 0 Å². The number of rotatable bonds is 8. The third-order valence-corrected chi connectivity index (χ3v) is 4.97. The van der Waals surface area contributed by atoms with Gasteiger partial charge in [0, 0.05) is 31.7 Å². The number of piperidine rings is 1. The molecule has 130 valence electrons. The van der Waals surface area contributed by atoms with Crippen LogP contribution in [-0.2, 0) is 4.79 Å². The fourth-order valence-corrected chi connectivity index (χ4v) is 4.09. The molecule has 0 saturated carbocycles. The highest BCUT2D eigenvalue weighted by molar-refractivity contribution is 5.85. The summed E-state index contributed by atoms with van der Waals surface area (Å²) in [5, 5.41) is 15.8. The van der Waals surface area contributed by atoms with E-state index >= 15 is 0 Å². The number of carbonyl (C=O) groups is 1. The summed E-state index contributed by atoms with van der Waals surface area (Å²) in [7, 11) is 0. The number of amides is 1. The Morgan fingerprint density at radius 1 is 1.27 bits per heavy atom. The Hall–Kier alpha value is -0.320. The molecule has 2 aliphatic heterocycles. The van der Waals surface area contributed by atoms with Crippen LogP contribution in [0.4, 0.5) is 0 Å². The first-order valence-corrected chi connectivity index (χ1v) is 8.70. The van der Waals surface area contributed by atoms with Gasteiger partial charge in [-0.25, -0.2) is 0 Å². The topological polar surface area (TPSA) is 61.4 Å². The number of fused-ring (bicyclic) bond motifs is 2. The van der Waals surface area contributed by atoms with E-state index in [2.05, 4.69) is 24.5 Å². The molecule has 2 saturated heterocycles. The summed E-state index contributed by atoms with van der Waals surface area (Å²) in [5.74, 6) is 1.78. The monoisotopic (exact) mass is 332 g/mol. The lowest BCUT2D eigenvalue weighted by molar-refractivity contribution is -0.122. The minimum atomic E-state index is 0. The van der Waals surface area contributed by atoms with Crippen molar-refractivity contribution in [1.82, 2.24) is 10.6 Å². The summed E-state index contributed by atoms with van der Waals surface area (Å²) in [6.07, 6.45) is 7.44. The Morgan fingerprint density at radius 3 is 2.45 bits per heavy atom. The van der Waals surface area contributed by atoms with Crippen molar-refractivity contribution in [3.8, 4) is 0 Å². The van der Waals surface area contributed by atoms with Gasteiger partial charge in [0.15, 0.2) is 0 Å². The first-order chi connectivity index (χ1) is 10.1. The Balaban J connectivity index is 0.00000242. The first kappa shape index (κ1) is 19.7. The molecule has 0 aromatic heterocycles. The second kappa shape index (κ2) is 9.74. The molecule has 0 spiro atoms. The molecule has 1 amide bonds. The smallest absolute Gasteiger partial charge is 0.220 e. The molecule has 2 bridgehead atoms. The third kappa shape index (κ3) is 6.43. The van der Waals surface area contributed by atoms with Gasteiger partial charge in [-0.05, 0) is 56.3 Å². The number of carbonyl (C=O) groups excluding carboxylic acids is 1. The van der Waals surface area contributed by atoms with Crippen molar-refractivity contribution in [2.75, 3.05) is 13.2 Å². The Morgan fingerprint density at radius 2 is 1.91 bits per heavy atom. The van der Waals surface area contributed by atoms with E-state index < -0.39 is 0 Å². The molecular weight excluding hydrogens is 300 g/mol. The zero-order valence-corrected chi connectivity index (χ0v) is 14.8. The SMILES string of the molecule is CC(C)CC(CCO)CNC(=O)CC1CC2CCC(C1)N2.Cl. The molecule has 0 aromatic rings. The number of aliphatic hydroxyl groups is 1. The molecule has 2 aliphatic rings. The van der Waals surface area contributed by atoms with Gasteiger partial charge in [0.1, 0.15) is 0 Å². The van der Waals surface area contributed by atoms with Crippen molar-refractivity contribution in [3.05, 3.63) is 0 Å². The molecule has 22 heavy (non-hydrogen) atoms. The molecule has 3 N–H and O–H groups in total. The summed E-state index contributed by atoms with van der Waals surface area (Å²) in [6, 6.07) is 1.31. The fraction of sp³-hybridized carbons (Fsp3) is 0.941. The van der Waals surface area contributed by atoms with Gasteiger partial charge in [-0.15, -0.1) is 12.4 Å². The van der Waals surface area contributed by atoms with E-state index in [1.165, 1.54) is 12.8 Å². The lowest BCUT2D eigenvalue weighted by Crippen LogP contribution is -2.40. The highest BCUT2D eigenvalue weighted by atomic mass is 35.5. The standard InChI is InChI=1S/C17H32N2O2.ClH/c1-12(2)7-13(5-6-20)11-18-17(21)10-14-8-15-3-4-16(9-14)19-15;/h12-16,19-20H,3-11H2,1-2H3,(H,18,21);1H. The van der Waals surface area contributed by atoms with Crippen molar-refractivity contribution in [2.45, 2.75) is 70.9 Å². The van der Waals surface area contributed by atoms with E-state index in [9.17, 15) is 4.79 Å². The number of nitrogens with one attached hydrogen (secondary N) is 2. The summed E-state index contributed by atoms with van der Waals surface area (Å²) in [6.45, 7) is 5.31. The van der Waals surface area contributed by atoms with Crippen LogP contribution < -0.4 is 10.6 Å². The molecule has 5 heteroatoms. The maximum absolute atomic E-state index is 12.1. The van der Waals surface area contributed by atoms with Crippen molar-refractivity contribution in [1.29, 1.82) is 0 Å². The number of hydrogen-bond acceptors (Lipinski definition) is 3. The minimum absolute atomic E-state index is 0. The zero-order valence-electron chi connectivity index (χ0n) is 14.0. The van der Waals surface area contributed by atoms with Crippen LogP contribution in [0.5, 0.6) is 0 Å². The molecular formula is C17H33ClN2O2. The van der Waals surface area contributed by atoms with Crippen LogP contribution in [0.1, 0.15) is 58.8 Å². The van der Waals surface area contributed by atoms with Crippen LogP contribution >= 0.6 is 12.4 Å². The van der Waals surface area contributed by atoms with Crippen LogP contribution in [0.2, 0.25) is 0 Å². The molecule has 0 aliphatic carbocycles. The van der Waals surface area contributed by atoms with Gasteiger partial charge in [0.2, 0.25) is 5.91 Å². The summed E-state index contributed by atoms with van der Waals surface area (Å²) in [5.41, 5.74) is 0. The van der Waals surface area contributed by atoms with Gasteiger partial charge in [-0.3, -0.25) is 4.79 Å². The lowest BCUT2D eigenvalue weighted by atomic mass is 9.89. The average Bonchev–Trinajstić information content (AvgIpc) is 2.75. The lowest BCUT2D eigenvalue weighted by Gasteiger charge is -2.29. The molecule has 3 atom stereocenters. The molecule has 0 radical (unpaired) electrons. The number of aliphatic hydroxyl groups excluding tert-OH is 1. The van der Waals surface area contributed by atoms with Gasteiger partial charge in [-0.1, -0.05) is 13.8 Å². The Bertz CT molecular complexity index is 327. The highest BCUT2D eigenvalue weighted by Crippen LogP contribution is 2.32. The maximum Gasteiger partial charge on any atom is 0.220 e. The van der Waals surface area contributed by atoms with E-state index in [4.69, 9.17) is 5.11 Å². The number of halogens is 1. The van der Waals surface area contributed by atoms with Crippen LogP contribution in [0, 0.1) is 17.8 Å². The largest absolute Gasteiger partial charge is 0.396 e. The van der Waals surface area contributed by atoms with E-state index in [1.807, 2.05) is 0 Å². The zero-order chi connectivity index (χ0) is 15.2. The number of hydrogen-bond donors (Lipinski definition) is 3. The Kier molecular flexibility index (Phi) is 8.73. The predicted octanol–water partition coefficient (Wildman–Crippen LogP) is 2.49. The van der Waals surface area contributed by atoms with Crippen LogP contribution in [0.25, 0.3) is 0 Å². The van der Waals surface area contributed by atoms with Gasteiger partial charge in [0.05, 0.1) is 0 Å². The fourth-order valence-electron chi connectivity index (χ4n) is 4.09. The molecule has 2 fully saturated rings. The summed E-state index contributed by atoms with van der Waals surface area (Å²) in [4.78, 5) is 12.1. The predicted molar refractivity (Wildman–Crippen MR) is 92.2 cm³/mol.